The van der Waals surface area contributed by atoms with E-state index in [1.54, 1.807) is 6.07 Å². The molecule has 1 N–H and O–H groups in total. The molecule has 0 radical (unpaired) electrons. The zero-order valence-electron chi connectivity index (χ0n) is 10.1. The molecule has 0 aliphatic rings. The monoisotopic (exact) mass is 345 g/mol. The molecule has 0 saturated heterocycles. The fourth-order valence-electron chi connectivity index (χ4n) is 1.51. The van der Waals surface area contributed by atoms with Crippen LogP contribution in [0, 0.1) is 10.1 Å². The molecule has 21 heavy (non-hydrogen) atoms. The van der Waals surface area contributed by atoms with Gasteiger partial charge in [0.05, 0.1) is 20.5 Å². The number of amides is 1. The summed E-state index contributed by atoms with van der Waals surface area (Å²) in [6.07, 6.45) is 0. The zero-order chi connectivity index (χ0) is 15.6. The van der Waals surface area contributed by atoms with Crippen molar-refractivity contribution in [3.8, 4) is 0 Å². The summed E-state index contributed by atoms with van der Waals surface area (Å²) < 4.78 is 0. The number of nitrogens with one attached hydrogen (secondary N) is 1. The predicted octanol–water partition coefficient (Wildman–Crippen LogP) is 4.20. The molecule has 1 heterocycles. The third-order valence-corrected chi connectivity index (χ3v) is 3.44. The summed E-state index contributed by atoms with van der Waals surface area (Å²) >= 11 is 17.4. The van der Waals surface area contributed by atoms with Crippen LogP contribution < -0.4 is 5.32 Å². The van der Waals surface area contributed by atoms with E-state index < -0.39 is 10.8 Å². The minimum absolute atomic E-state index is 0.0817. The Morgan fingerprint density at radius 3 is 2.57 bits per heavy atom. The summed E-state index contributed by atoms with van der Waals surface area (Å²) in [5, 5.41) is 13.2. The first-order chi connectivity index (χ1) is 9.88. The van der Waals surface area contributed by atoms with Crippen LogP contribution in [0.2, 0.25) is 15.2 Å². The summed E-state index contributed by atoms with van der Waals surface area (Å²) in [4.78, 5) is 26.1. The van der Waals surface area contributed by atoms with Gasteiger partial charge in [0.25, 0.3) is 11.6 Å². The average Bonchev–Trinajstić information content (AvgIpc) is 2.41. The summed E-state index contributed by atoms with van der Waals surface area (Å²) in [6.45, 7) is 0. The molecule has 0 saturated carbocycles. The van der Waals surface area contributed by atoms with Gasteiger partial charge in [0.15, 0.2) is 0 Å². The average molecular weight is 347 g/mol. The molecule has 1 aromatic heterocycles. The quantitative estimate of drug-likeness (QED) is 0.512. The van der Waals surface area contributed by atoms with Crippen LogP contribution in [0.1, 0.15) is 10.4 Å². The number of aromatic nitrogens is 1. The number of pyridine rings is 1. The van der Waals surface area contributed by atoms with E-state index in [0.717, 1.165) is 12.1 Å². The molecule has 9 heteroatoms. The molecular weight excluding hydrogens is 341 g/mol. The van der Waals surface area contributed by atoms with Crippen molar-refractivity contribution in [2.24, 2.45) is 0 Å². The molecule has 0 spiro atoms. The van der Waals surface area contributed by atoms with E-state index in [0.29, 0.717) is 0 Å². The van der Waals surface area contributed by atoms with Gasteiger partial charge >= 0.3 is 0 Å². The van der Waals surface area contributed by atoms with Crippen molar-refractivity contribution in [3.63, 3.8) is 0 Å². The maximum absolute atomic E-state index is 12.1. The normalized spacial score (nSPS) is 10.2. The number of rotatable bonds is 3. The van der Waals surface area contributed by atoms with E-state index in [1.807, 2.05) is 0 Å². The summed E-state index contributed by atoms with van der Waals surface area (Å²) in [5.41, 5.74) is -0.466. The molecule has 1 aromatic carbocycles. The molecular formula is C12H6Cl3N3O3. The smallest absolute Gasteiger partial charge is 0.271 e. The highest BCUT2D eigenvalue weighted by molar-refractivity contribution is 6.44. The van der Waals surface area contributed by atoms with Crippen LogP contribution >= 0.6 is 34.8 Å². The second-order valence-corrected chi connectivity index (χ2v) is 5.02. The maximum atomic E-state index is 12.1. The molecule has 6 nitrogen and oxygen atoms in total. The van der Waals surface area contributed by atoms with E-state index in [4.69, 9.17) is 34.8 Å². The Kier molecular flexibility index (Phi) is 4.62. The Morgan fingerprint density at radius 2 is 1.95 bits per heavy atom. The third kappa shape index (κ3) is 3.60. The Balaban J connectivity index is 2.37. The lowest BCUT2D eigenvalue weighted by molar-refractivity contribution is -0.384. The third-order valence-electron chi connectivity index (χ3n) is 2.43. The number of benzene rings is 1. The van der Waals surface area contributed by atoms with Crippen LogP contribution in [-0.2, 0) is 0 Å². The molecule has 2 aromatic rings. The van der Waals surface area contributed by atoms with Crippen molar-refractivity contribution in [1.29, 1.82) is 0 Å². The van der Waals surface area contributed by atoms with Gasteiger partial charge in [0.2, 0.25) is 0 Å². The van der Waals surface area contributed by atoms with Crippen LogP contribution in [0.25, 0.3) is 0 Å². The highest BCUT2D eigenvalue weighted by Crippen LogP contribution is 2.31. The lowest BCUT2D eigenvalue weighted by Crippen LogP contribution is -2.14. The first-order valence-corrected chi connectivity index (χ1v) is 6.59. The predicted molar refractivity (Wildman–Crippen MR) is 80.3 cm³/mol. The fraction of sp³-hybridized carbons (Fsp3) is 0. The van der Waals surface area contributed by atoms with Crippen LogP contribution in [-0.4, -0.2) is 15.8 Å². The summed E-state index contributed by atoms with van der Waals surface area (Å²) in [7, 11) is 0. The van der Waals surface area contributed by atoms with Crippen LogP contribution in [0.15, 0.2) is 30.3 Å². The number of carbonyl (C=O) groups is 1. The number of halogens is 3. The number of carbonyl (C=O) groups excluding carboxylic acids is 1. The topological polar surface area (TPSA) is 85.1 Å². The second kappa shape index (κ2) is 6.26. The van der Waals surface area contributed by atoms with Crippen LogP contribution in [0.5, 0.6) is 0 Å². The Hall–Kier alpha value is -1.89. The summed E-state index contributed by atoms with van der Waals surface area (Å²) in [5.74, 6) is -0.494. The zero-order valence-corrected chi connectivity index (χ0v) is 12.4. The Labute approximate surface area is 133 Å². The van der Waals surface area contributed by atoms with E-state index in [2.05, 4.69) is 10.3 Å². The van der Waals surface area contributed by atoms with Crippen LogP contribution in [0.4, 0.5) is 11.5 Å². The van der Waals surface area contributed by atoms with Gasteiger partial charge in [-0.2, -0.15) is 0 Å². The number of hydrogen-bond donors (Lipinski definition) is 1. The lowest BCUT2D eigenvalue weighted by Gasteiger charge is -2.07. The molecule has 0 bridgehead atoms. The number of nitro groups is 1. The van der Waals surface area contributed by atoms with Crippen molar-refractivity contribution < 1.29 is 9.72 Å². The van der Waals surface area contributed by atoms with Crippen molar-refractivity contribution in [1.82, 2.24) is 4.98 Å². The SMILES string of the molecule is O=C(Nc1cccc(Cl)n1)c1cc([N+](=O)[O-])cc(Cl)c1Cl. The Morgan fingerprint density at radius 1 is 1.24 bits per heavy atom. The fourth-order valence-corrected chi connectivity index (χ4v) is 2.08. The van der Waals surface area contributed by atoms with E-state index in [9.17, 15) is 14.9 Å². The number of nitrogens with zero attached hydrogens (tertiary/aromatic N) is 2. The number of anilines is 1. The standard InChI is InChI=1S/C12H6Cl3N3O3/c13-8-5-6(18(20)21)4-7(11(8)15)12(19)17-10-3-1-2-9(14)16-10/h1-5H,(H,16,17,19). The number of non-ortho nitro benzene ring substituents is 1. The van der Waals surface area contributed by atoms with Crippen molar-refractivity contribution in [2.45, 2.75) is 0 Å². The van der Waals surface area contributed by atoms with Gasteiger partial charge in [-0.05, 0) is 12.1 Å². The maximum Gasteiger partial charge on any atom is 0.271 e. The second-order valence-electron chi connectivity index (χ2n) is 3.85. The first-order valence-electron chi connectivity index (χ1n) is 5.46. The van der Waals surface area contributed by atoms with E-state index in [1.165, 1.54) is 12.1 Å². The Bertz CT molecular complexity index is 737. The van der Waals surface area contributed by atoms with Gasteiger partial charge in [-0.15, -0.1) is 0 Å². The van der Waals surface area contributed by atoms with Gasteiger partial charge in [0.1, 0.15) is 11.0 Å². The number of nitro benzene ring substituents is 1. The molecule has 2 rings (SSSR count). The first kappa shape index (κ1) is 15.5. The largest absolute Gasteiger partial charge is 0.306 e. The van der Waals surface area contributed by atoms with Gasteiger partial charge in [-0.1, -0.05) is 40.9 Å². The van der Waals surface area contributed by atoms with Crippen molar-refractivity contribution in [2.75, 3.05) is 5.32 Å². The summed E-state index contributed by atoms with van der Waals surface area (Å²) in [6, 6.07) is 6.74. The van der Waals surface area contributed by atoms with Gasteiger partial charge < -0.3 is 5.32 Å². The molecule has 0 aliphatic heterocycles. The van der Waals surface area contributed by atoms with Crippen molar-refractivity contribution in [3.05, 3.63) is 61.2 Å². The van der Waals surface area contributed by atoms with Gasteiger partial charge in [-0.3, -0.25) is 14.9 Å². The highest BCUT2D eigenvalue weighted by atomic mass is 35.5. The van der Waals surface area contributed by atoms with Crippen LogP contribution in [0.3, 0.4) is 0 Å². The van der Waals surface area contributed by atoms with Gasteiger partial charge in [-0.25, -0.2) is 4.98 Å². The minimum Gasteiger partial charge on any atom is -0.306 e. The van der Waals surface area contributed by atoms with E-state index in [-0.39, 0.29) is 32.3 Å². The van der Waals surface area contributed by atoms with Crippen molar-refractivity contribution >= 4 is 52.2 Å². The molecule has 108 valence electrons. The minimum atomic E-state index is -0.680. The van der Waals surface area contributed by atoms with Gasteiger partial charge in [0, 0.05) is 12.1 Å². The molecule has 1 amide bonds. The molecule has 0 unspecified atom stereocenters. The highest BCUT2D eigenvalue weighted by Gasteiger charge is 2.19. The lowest BCUT2D eigenvalue weighted by atomic mass is 10.2. The van der Waals surface area contributed by atoms with E-state index >= 15 is 0 Å². The number of hydrogen-bond acceptors (Lipinski definition) is 4. The molecule has 0 fully saturated rings. The molecule has 0 atom stereocenters. The molecule has 0 aliphatic carbocycles.